The van der Waals surface area contributed by atoms with Crippen molar-refractivity contribution in [2.75, 3.05) is 7.05 Å². The van der Waals surface area contributed by atoms with E-state index in [0.717, 1.165) is 0 Å². The highest BCUT2D eigenvalue weighted by atomic mass is 32.1. The van der Waals surface area contributed by atoms with Crippen LogP contribution in [0.2, 0.25) is 0 Å². The van der Waals surface area contributed by atoms with E-state index in [1.165, 1.54) is 0 Å². The molecule has 6 heteroatoms. The van der Waals surface area contributed by atoms with Crippen molar-refractivity contribution in [3.05, 3.63) is 18.0 Å². The van der Waals surface area contributed by atoms with Gasteiger partial charge in [-0.2, -0.15) is 5.10 Å². The smallest absolute Gasteiger partial charge is 0.257 e. The van der Waals surface area contributed by atoms with Crippen molar-refractivity contribution >= 4 is 23.1 Å². The minimum Gasteiger partial charge on any atom is -0.393 e. The molecule has 1 aromatic rings. The van der Waals surface area contributed by atoms with E-state index in [-0.39, 0.29) is 11.9 Å². The summed E-state index contributed by atoms with van der Waals surface area (Å²) in [6.07, 6.45) is 3.76. The Bertz CT molecular complexity index is 401. The third-order valence-electron chi connectivity index (χ3n) is 2.43. The molecule has 0 aliphatic carbocycles. The molecule has 5 nitrogen and oxygen atoms in total. The molecule has 1 unspecified atom stereocenters. The first kappa shape index (κ1) is 12.6. The lowest BCUT2D eigenvalue weighted by Crippen LogP contribution is -2.37. The van der Waals surface area contributed by atoms with Crippen LogP contribution in [0.5, 0.6) is 0 Å². The highest BCUT2D eigenvalue weighted by Gasteiger charge is 2.18. The molecular formula is C10H16N4OS. The standard InChI is InChI=1S/C10H16N4OS/c1-7(4-9(11)16)14(3)10(15)8-5-12-13(2)6-8/h5-7H,4H2,1-3H3,(H2,11,16). The van der Waals surface area contributed by atoms with Crippen molar-refractivity contribution in [2.45, 2.75) is 19.4 Å². The van der Waals surface area contributed by atoms with E-state index in [1.54, 1.807) is 36.1 Å². The zero-order chi connectivity index (χ0) is 12.3. The van der Waals surface area contributed by atoms with Crippen LogP contribution in [0.1, 0.15) is 23.7 Å². The lowest BCUT2D eigenvalue weighted by molar-refractivity contribution is 0.0748. The molecule has 0 saturated heterocycles. The Hall–Kier alpha value is -1.43. The van der Waals surface area contributed by atoms with Gasteiger partial charge in [0.15, 0.2) is 0 Å². The van der Waals surface area contributed by atoms with Crippen molar-refractivity contribution in [3.63, 3.8) is 0 Å². The Labute approximate surface area is 100 Å². The average Bonchev–Trinajstić information content (AvgIpc) is 2.61. The topological polar surface area (TPSA) is 64.2 Å². The van der Waals surface area contributed by atoms with E-state index in [2.05, 4.69) is 5.10 Å². The van der Waals surface area contributed by atoms with E-state index in [1.807, 2.05) is 6.92 Å². The van der Waals surface area contributed by atoms with Crippen LogP contribution in [0, 0.1) is 0 Å². The fourth-order valence-corrected chi connectivity index (χ4v) is 1.60. The first-order valence-electron chi connectivity index (χ1n) is 4.96. The maximum atomic E-state index is 12.0. The van der Waals surface area contributed by atoms with Gasteiger partial charge in [0.1, 0.15) is 0 Å². The van der Waals surface area contributed by atoms with Crippen molar-refractivity contribution in [3.8, 4) is 0 Å². The van der Waals surface area contributed by atoms with Gasteiger partial charge in [-0.25, -0.2) is 0 Å². The quantitative estimate of drug-likeness (QED) is 0.781. The van der Waals surface area contributed by atoms with Crippen molar-refractivity contribution in [1.29, 1.82) is 0 Å². The minimum atomic E-state index is -0.0724. The normalized spacial score (nSPS) is 12.2. The fraction of sp³-hybridized carbons (Fsp3) is 0.500. The SMILES string of the molecule is CC(CC(N)=S)N(C)C(=O)c1cnn(C)c1. The molecule has 88 valence electrons. The molecule has 0 spiro atoms. The molecule has 1 heterocycles. The van der Waals surface area contributed by atoms with E-state index in [4.69, 9.17) is 18.0 Å². The highest BCUT2D eigenvalue weighted by Crippen LogP contribution is 2.07. The molecule has 2 N–H and O–H groups in total. The van der Waals surface area contributed by atoms with E-state index in [0.29, 0.717) is 17.0 Å². The summed E-state index contributed by atoms with van der Waals surface area (Å²) in [5.41, 5.74) is 6.02. The van der Waals surface area contributed by atoms with E-state index >= 15 is 0 Å². The number of nitrogens with zero attached hydrogens (tertiary/aromatic N) is 3. The summed E-state index contributed by atoms with van der Waals surface area (Å²) >= 11 is 4.82. The van der Waals surface area contributed by atoms with Crippen molar-refractivity contribution in [2.24, 2.45) is 12.8 Å². The summed E-state index contributed by atoms with van der Waals surface area (Å²) in [5, 5.41) is 3.96. The molecule has 1 aromatic heterocycles. The second-order valence-electron chi connectivity index (χ2n) is 3.84. The van der Waals surface area contributed by atoms with Crippen LogP contribution in [0.3, 0.4) is 0 Å². The van der Waals surface area contributed by atoms with E-state index in [9.17, 15) is 4.79 Å². The molecule has 0 aliphatic heterocycles. The van der Waals surface area contributed by atoms with Gasteiger partial charge in [-0.05, 0) is 6.92 Å². The van der Waals surface area contributed by atoms with Crippen LogP contribution in [0.4, 0.5) is 0 Å². The lowest BCUT2D eigenvalue weighted by Gasteiger charge is -2.23. The number of amides is 1. The Morgan fingerprint density at radius 3 is 2.81 bits per heavy atom. The molecule has 0 aromatic carbocycles. The van der Waals surface area contributed by atoms with Crippen molar-refractivity contribution < 1.29 is 4.79 Å². The molecule has 1 amide bonds. The average molecular weight is 240 g/mol. The summed E-state index contributed by atoms with van der Waals surface area (Å²) in [6, 6.07) is -0.00907. The van der Waals surface area contributed by atoms with Crippen LogP contribution < -0.4 is 5.73 Å². The van der Waals surface area contributed by atoms with Crippen LogP contribution in [-0.4, -0.2) is 38.7 Å². The summed E-state index contributed by atoms with van der Waals surface area (Å²) in [6.45, 7) is 1.91. The molecule has 0 aliphatic rings. The number of rotatable bonds is 4. The second-order valence-corrected chi connectivity index (χ2v) is 4.36. The summed E-state index contributed by atoms with van der Waals surface area (Å²) in [7, 11) is 3.51. The molecule has 0 saturated carbocycles. The number of aromatic nitrogens is 2. The maximum Gasteiger partial charge on any atom is 0.257 e. The zero-order valence-electron chi connectivity index (χ0n) is 9.67. The van der Waals surface area contributed by atoms with Crippen LogP contribution in [-0.2, 0) is 7.05 Å². The molecule has 0 radical (unpaired) electrons. The van der Waals surface area contributed by atoms with Gasteiger partial charge in [-0.15, -0.1) is 0 Å². The number of thiocarbonyl (C=S) groups is 1. The molecule has 0 fully saturated rings. The van der Waals surface area contributed by atoms with Gasteiger partial charge in [0.2, 0.25) is 0 Å². The summed E-state index contributed by atoms with van der Waals surface area (Å²) in [4.78, 5) is 14.0. The van der Waals surface area contributed by atoms with Gasteiger partial charge in [0.05, 0.1) is 16.7 Å². The zero-order valence-corrected chi connectivity index (χ0v) is 10.5. The van der Waals surface area contributed by atoms with Gasteiger partial charge < -0.3 is 10.6 Å². The van der Waals surface area contributed by atoms with Gasteiger partial charge in [-0.3, -0.25) is 9.48 Å². The Balaban J connectivity index is 2.70. The number of carbonyl (C=O) groups is 1. The van der Waals surface area contributed by atoms with Gasteiger partial charge in [0.25, 0.3) is 5.91 Å². The van der Waals surface area contributed by atoms with Gasteiger partial charge in [-0.1, -0.05) is 12.2 Å². The molecular weight excluding hydrogens is 224 g/mol. The number of hydrogen-bond donors (Lipinski definition) is 1. The minimum absolute atomic E-state index is 0.00907. The van der Waals surface area contributed by atoms with Crippen LogP contribution >= 0.6 is 12.2 Å². The largest absolute Gasteiger partial charge is 0.393 e. The van der Waals surface area contributed by atoms with Gasteiger partial charge in [0, 0.05) is 32.8 Å². The van der Waals surface area contributed by atoms with Crippen molar-refractivity contribution in [1.82, 2.24) is 14.7 Å². The first-order valence-corrected chi connectivity index (χ1v) is 5.36. The first-order chi connectivity index (χ1) is 7.41. The Kier molecular flexibility index (Phi) is 4.00. The van der Waals surface area contributed by atoms with E-state index < -0.39 is 0 Å². The monoisotopic (exact) mass is 240 g/mol. The molecule has 16 heavy (non-hydrogen) atoms. The van der Waals surface area contributed by atoms with Crippen LogP contribution in [0.25, 0.3) is 0 Å². The number of hydrogen-bond acceptors (Lipinski definition) is 3. The lowest BCUT2D eigenvalue weighted by atomic mass is 10.2. The summed E-state index contributed by atoms with van der Waals surface area (Å²) < 4.78 is 1.60. The predicted octanol–water partition coefficient (Wildman–Crippen LogP) is 0.557. The second kappa shape index (κ2) is 5.07. The molecule has 1 atom stereocenters. The number of aryl methyl sites for hydroxylation is 1. The number of carbonyl (C=O) groups excluding carboxylic acids is 1. The number of nitrogens with two attached hydrogens (primary N) is 1. The Morgan fingerprint density at radius 2 is 2.38 bits per heavy atom. The third kappa shape index (κ3) is 3.03. The summed E-state index contributed by atoms with van der Waals surface area (Å²) in [5.74, 6) is -0.0724. The highest BCUT2D eigenvalue weighted by molar-refractivity contribution is 7.80. The molecule has 0 bridgehead atoms. The maximum absolute atomic E-state index is 12.0. The Morgan fingerprint density at radius 1 is 1.75 bits per heavy atom. The third-order valence-corrected chi connectivity index (χ3v) is 2.60. The van der Waals surface area contributed by atoms with Crippen LogP contribution in [0.15, 0.2) is 12.4 Å². The fourth-order valence-electron chi connectivity index (χ4n) is 1.36. The molecule has 1 rings (SSSR count). The van der Waals surface area contributed by atoms with Gasteiger partial charge >= 0.3 is 0 Å². The predicted molar refractivity (Wildman–Crippen MR) is 66.2 cm³/mol.